The molecule has 0 aromatic heterocycles. The van der Waals surface area contributed by atoms with E-state index in [9.17, 15) is 19.0 Å². The van der Waals surface area contributed by atoms with Gasteiger partial charge in [0.25, 0.3) is 0 Å². The van der Waals surface area contributed by atoms with Gasteiger partial charge in [-0.15, -0.1) is 0 Å². The largest absolute Gasteiger partial charge is 0.472 e. The van der Waals surface area contributed by atoms with Crippen LogP contribution in [-0.4, -0.2) is 74.3 Å². The molecular weight excluding hydrogens is 880 g/mol. The Bertz CT molecular complexity index is 1190. The third-order valence-corrected chi connectivity index (χ3v) is 14.7. The normalized spacial score (nSPS) is 13.8. The lowest BCUT2D eigenvalue weighted by molar-refractivity contribution is -0.870. The molecule has 0 saturated heterocycles. The van der Waals surface area contributed by atoms with Gasteiger partial charge in [-0.3, -0.25) is 18.6 Å². The Kier molecular flexibility index (Phi) is 49.4. The maximum absolute atomic E-state index is 13.5. The summed E-state index contributed by atoms with van der Waals surface area (Å²) in [4.78, 5) is 37.6. The highest BCUT2D eigenvalue weighted by Gasteiger charge is 2.30. The van der Waals surface area contributed by atoms with Crippen molar-refractivity contribution in [2.75, 3.05) is 40.9 Å². The molecular formula is C59H118N2O7P+. The smallest absolute Gasteiger partial charge is 0.456 e. The summed E-state index contributed by atoms with van der Waals surface area (Å²) in [5.74, 6) is -0.487. The number of ether oxygens (including phenoxy) is 1. The predicted molar refractivity (Wildman–Crippen MR) is 296 cm³/mol. The third kappa shape index (κ3) is 51.5. The number of esters is 1. The number of phosphoric acid groups is 1. The van der Waals surface area contributed by atoms with Crippen LogP contribution >= 0.6 is 7.82 Å². The van der Waals surface area contributed by atoms with Crippen molar-refractivity contribution in [3.05, 3.63) is 12.2 Å². The van der Waals surface area contributed by atoms with E-state index in [1.54, 1.807) is 0 Å². The van der Waals surface area contributed by atoms with Crippen LogP contribution < -0.4 is 5.32 Å². The maximum atomic E-state index is 13.5. The van der Waals surface area contributed by atoms with Crippen LogP contribution in [0.1, 0.15) is 303 Å². The van der Waals surface area contributed by atoms with E-state index >= 15 is 0 Å². The van der Waals surface area contributed by atoms with Gasteiger partial charge < -0.3 is 19.4 Å². The fourth-order valence-corrected chi connectivity index (χ4v) is 9.80. The molecule has 0 aliphatic carbocycles. The fraction of sp³-hybridized carbons (Fsp3) is 0.932. The summed E-state index contributed by atoms with van der Waals surface area (Å²) in [6, 6.07) is -0.838. The molecule has 0 fully saturated rings. The number of rotatable bonds is 55. The molecule has 9 nitrogen and oxygen atoms in total. The van der Waals surface area contributed by atoms with Gasteiger partial charge in [0.2, 0.25) is 5.91 Å². The molecule has 0 aromatic carbocycles. The third-order valence-electron chi connectivity index (χ3n) is 13.7. The predicted octanol–water partition coefficient (Wildman–Crippen LogP) is 18.0. The first kappa shape index (κ1) is 67.8. The standard InChI is InChI=1S/C59H117N2O7P/c1-7-10-13-16-19-22-25-27-28-29-30-31-32-34-37-40-43-46-49-52-59(63)68-57(50-47-44-41-38-35-24-21-18-15-12-9-3)56(55-67-69(64,65)66-54-53-61(4,5)6)60-58(62)51-48-45-42-39-36-33-26-23-20-17-14-11-8-2/h47,50,56-57H,7-46,48-49,51-55H2,1-6H3,(H-,60,62,64,65)/p+1/b50-47-. The Hall–Kier alpha value is -1.25. The number of likely N-dealkylation sites (N-methyl/N-ethyl adjacent to an activating group) is 1. The lowest BCUT2D eigenvalue weighted by Crippen LogP contribution is -2.47. The van der Waals surface area contributed by atoms with E-state index in [0.717, 1.165) is 57.8 Å². The average molecular weight is 999 g/mol. The molecule has 3 atom stereocenters. The van der Waals surface area contributed by atoms with E-state index in [0.29, 0.717) is 23.9 Å². The highest BCUT2D eigenvalue weighted by atomic mass is 31.2. The number of carbonyl (C=O) groups excluding carboxylic acids is 2. The van der Waals surface area contributed by atoms with Gasteiger partial charge >= 0.3 is 13.8 Å². The number of nitrogens with zero attached hydrogens (tertiary/aromatic N) is 1. The molecule has 0 aliphatic rings. The van der Waals surface area contributed by atoms with Crippen molar-refractivity contribution >= 4 is 19.7 Å². The summed E-state index contributed by atoms with van der Waals surface area (Å²) >= 11 is 0. The topological polar surface area (TPSA) is 111 Å². The van der Waals surface area contributed by atoms with E-state index in [-0.39, 0.29) is 25.1 Å². The summed E-state index contributed by atoms with van der Waals surface area (Å²) in [6.07, 6.45) is 56.3. The van der Waals surface area contributed by atoms with Gasteiger partial charge in [-0.1, -0.05) is 271 Å². The number of carbonyl (C=O) groups is 2. The second-order valence-corrected chi connectivity index (χ2v) is 23.3. The molecule has 0 rings (SSSR count). The summed E-state index contributed by atoms with van der Waals surface area (Å²) in [5, 5.41) is 3.05. The zero-order chi connectivity index (χ0) is 50.8. The van der Waals surface area contributed by atoms with Crippen LogP contribution in [0.15, 0.2) is 12.2 Å². The first-order valence-electron chi connectivity index (χ1n) is 30.0. The van der Waals surface area contributed by atoms with Crippen LogP contribution in [0, 0.1) is 0 Å². The van der Waals surface area contributed by atoms with Crippen molar-refractivity contribution in [3.8, 4) is 0 Å². The monoisotopic (exact) mass is 998 g/mol. The van der Waals surface area contributed by atoms with Gasteiger partial charge in [0, 0.05) is 12.8 Å². The van der Waals surface area contributed by atoms with Crippen LogP contribution in [-0.2, 0) is 27.9 Å². The summed E-state index contributed by atoms with van der Waals surface area (Å²) in [5.41, 5.74) is 0. The number of nitrogens with one attached hydrogen (secondary N) is 1. The van der Waals surface area contributed by atoms with Gasteiger partial charge in [0.15, 0.2) is 0 Å². The van der Waals surface area contributed by atoms with Gasteiger partial charge in [-0.05, 0) is 31.8 Å². The quantitative estimate of drug-likeness (QED) is 0.0205. The number of amides is 1. The van der Waals surface area contributed by atoms with Crippen molar-refractivity contribution in [2.45, 2.75) is 315 Å². The first-order valence-corrected chi connectivity index (χ1v) is 31.5. The Morgan fingerprint density at radius 1 is 0.493 bits per heavy atom. The minimum Gasteiger partial charge on any atom is -0.456 e. The Balaban J connectivity index is 5.19. The van der Waals surface area contributed by atoms with Crippen LogP contribution in [0.3, 0.4) is 0 Å². The van der Waals surface area contributed by atoms with Gasteiger partial charge in [-0.2, -0.15) is 0 Å². The fourth-order valence-electron chi connectivity index (χ4n) is 9.06. The molecule has 69 heavy (non-hydrogen) atoms. The number of allylic oxidation sites excluding steroid dienone is 1. The molecule has 0 radical (unpaired) electrons. The number of quaternary nitrogens is 1. The number of unbranched alkanes of at least 4 members (excludes halogenated alkanes) is 39. The van der Waals surface area contributed by atoms with Gasteiger partial charge in [0.1, 0.15) is 19.3 Å². The van der Waals surface area contributed by atoms with E-state index < -0.39 is 20.0 Å². The second kappa shape index (κ2) is 50.3. The van der Waals surface area contributed by atoms with Crippen LogP contribution in [0.25, 0.3) is 0 Å². The molecule has 0 aromatic rings. The lowest BCUT2D eigenvalue weighted by Gasteiger charge is -2.27. The molecule has 3 unspecified atom stereocenters. The molecule has 0 bridgehead atoms. The van der Waals surface area contributed by atoms with Crippen molar-refractivity contribution < 1.29 is 37.3 Å². The summed E-state index contributed by atoms with van der Waals surface area (Å²) in [7, 11) is 1.52. The van der Waals surface area contributed by atoms with Crippen LogP contribution in [0.5, 0.6) is 0 Å². The Morgan fingerprint density at radius 3 is 1.19 bits per heavy atom. The van der Waals surface area contributed by atoms with Gasteiger partial charge in [0.05, 0.1) is 33.8 Å². The zero-order valence-electron chi connectivity index (χ0n) is 46.8. The van der Waals surface area contributed by atoms with Crippen molar-refractivity contribution in [2.24, 2.45) is 0 Å². The SMILES string of the molecule is CCCCCCCCCCC/C=C\C(OC(=O)CCCCCCCCCCCCCCCCCCCCC)C(COP(=O)(O)OCC[N+](C)(C)C)NC(=O)CCCCCCCCCCCCCCC. The van der Waals surface area contributed by atoms with E-state index in [2.05, 4.69) is 26.1 Å². The van der Waals surface area contributed by atoms with Crippen LogP contribution in [0.2, 0.25) is 0 Å². The molecule has 2 N–H and O–H groups in total. The Labute approximate surface area is 429 Å². The van der Waals surface area contributed by atoms with Crippen molar-refractivity contribution in [1.82, 2.24) is 5.32 Å². The van der Waals surface area contributed by atoms with Crippen molar-refractivity contribution in [1.29, 1.82) is 0 Å². The molecule has 1 amide bonds. The first-order chi connectivity index (χ1) is 33.4. The number of hydrogen-bond acceptors (Lipinski definition) is 6. The summed E-state index contributed by atoms with van der Waals surface area (Å²) in [6.45, 7) is 7.05. The van der Waals surface area contributed by atoms with Crippen LogP contribution in [0.4, 0.5) is 0 Å². The van der Waals surface area contributed by atoms with E-state index in [1.165, 1.54) is 212 Å². The molecule has 0 aliphatic heterocycles. The highest BCUT2D eigenvalue weighted by Crippen LogP contribution is 2.43. The van der Waals surface area contributed by atoms with Crippen molar-refractivity contribution in [3.63, 3.8) is 0 Å². The maximum Gasteiger partial charge on any atom is 0.472 e. The number of hydrogen-bond donors (Lipinski definition) is 2. The molecule has 10 heteroatoms. The minimum absolute atomic E-state index is 0.0455. The Morgan fingerprint density at radius 2 is 0.826 bits per heavy atom. The molecule has 410 valence electrons. The van der Waals surface area contributed by atoms with E-state index in [1.807, 2.05) is 33.3 Å². The lowest BCUT2D eigenvalue weighted by atomic mass is 10.0. The van der Waals surface area contributed by atoms with E-state index in [4.69, 9.17) is 13.8 Å². The number of phosphoric ester groups is 1. The highest BCUT2D eigenvalue weighted by molar-refractivity contribution is 7.47. The summed E-state index contributed by atoms with van der Waals surface area (Å²) < 4.78 is 30.6. The molecule has 0 saturated carbocycles. The molecule has 0 spiro atoms. The van der Waals surface area contributed by atoms with Gasteiger partial charge in [-0.25, -0.2) is 4.57 Å². The molecule has 0 heterocycles. The average Bonchev–Trinajstić information content (AvgIpc) is 3.31. The minimum atomic E-state index is -4.43. The second-order valence-electron chi connectivity index (χ2n) is 21.9. The zero-order valence-corrected chi connectivity index (χ0v) is 47.7.